The van der Waals surface area contributed by atoms with Crippen molar-refractivity contribution < 1.29 is 0 Å². The number of nitrogens with zero attached hydrogens (tertiary/aromatic N) is 3. The summed E-state index contributed by atoms with van der Waals surface area (Å²) in [6.45, 7) is 0. The minimum absolute atomic E-state index is 0.620. The Balaban J connectivity index is 2.00. The second-order valence-electron chi connectivity index (χ2n) is 4.50. The average molecular weight is 246 g/mol. The van der Waals surface area contributed by atoms with E-state index < -0.39 is 0 Å². The number of fused-ring (bicyclic) bond motifs is 2. The molecule has 3 aromatic carbocycles. The van der Waals surface area contributed by atoms with Crippen molar-refractivity contribution in [1.82, 2.24) is 20.6 Å². The molecule has 0 fully saturated rings. The summed E-state index contributed by atoms with van der Waals surface area (Å²) in [5.41, 5.74) is 0.969. The zero-order chi connectivity index (χ0) is 12.7. The number of tetrazole rings is 1. The molecule has 19 heavy (non-hydrogen) atoms. The van der Waals surface area contributed by atoms with E-state index >= 15 is 0 Å². The highest BCUT2D eigenvalue weighted by Gasteiger charge is 2.04. The minimum atomic E-state index is 0.620. The van der Waals surface area contributed by atoms with Crippen LogP contribution in [-0.2, 0) is 0 Å². The van der Waals surface area contributed by atoms with E-state index in [2.05, 4.69) is 69.2 Å². The zero-order valence-electron chi connectivity index (χ0n) is 10.0. The van der Waals surface area contributed by atoms with Gasteiger partial charge in [-0.05, 0) is 45.0 Å². The standard InChI is InChI=1S/C15H10N4/c1-2-4-11-8-14-9-13(15-16-18-19-17-15)6-5-12(14)7-10(11)3-1/h1-9H,(H,16,17,18,19). The van der Waals surface area contributed by atoms with Crippen molar-refractivity contribution in [2.24, 2.45) is 0 Å². The van der Waals surface area contributed by atoms with Crippen molar-refractivity contribution in [1.29, 1.82) is 0 Å². The normalized spacial score (nSPS) is 11.2. The monoisotopic (exact) mass is 246 g/mol. The summed E-state index contributed by atoms with van der Waals surface area (Å²) < 4.78 is 0. The molecule has 0 aliphatic heterocycles. The summed E-state index contributed by atoms with van der Waals surface area (Å²) in [4.78, 5) is 0. The van der Waals surface area contributed by atoms with Gasteiger partial charge in [0.05, 0.1) is 0 Å². The lowest BCUT2D eigenvalue weighted by Gasteiger charge is -2.03. The van der Waals surface area contributed by atoms with Gasteiger partial charge in [0.15, 0.2) is 0 Å². The smallest absolute Gasteiger partial charge is 0.177 e. The lowest BCUT2D eigenvalue weighted by atomic mass is 10.0. The van der Waals surface area contributed by atoms with Gasteiger partial charge in [0.2, 0.25) is 5.82 Å². The molecule has 0 saturated carbocycles. The van der Waals surface area contributed by atoms with Gasteiger partial charge in [-0.3, -0.25) is 0 Å². The highest BCUT2D eigenvalue weighted by molar-refractivity contribution is 5.99. The van der Waals surface area contributed by atoms with E-state index in [0.29, 0.717) is 5.82 Å². The molecule has 0 amide bonds. The molecule has 0 saturated heterocycles. The lowest BCUT2D eigenvalue weighted by molar-refractivity contribution is 0.881. The fraction of sp³-hybridized carbons (Fsp3) is 0. The van der Waals surface area contributed by atoms with Crippen molar-refractivity contribution in [2.45, 2.75) is 0 Å². The van der Waals surface area contributed by atoms with E-state index in [9.17, 15) is 0 Å². The summed E-state index contributed by atoms with van der Waals surface area (Å²) in [6.07, 6.45) is 0. The van der Waals surface area contributed by atoms with Crippen LogP contribution in [0.15, 0.2) is 54.6 Å². The maximum absolute atomic E-state index is 4.01. The van der Waals surface area contributed by atoms with Crippen molar-refractivity contribution in [2.75, 3.05) is 0 Å². The molecule has 4 heteroatoms. The Morgan fingerprint density at radius 1 is 0.737 bits per heavy atom. The third-order valence-corrected chi connectivity index (χ3v) is 3.31. The number of aromatic nitrogens is 4. The van der Waals surface area contributed by atoms with Crippen LogP contribution in [0.1, 0.15) is 0 Å². The predicted molar refractivity (Wildman–Crippen MR) is 74.6 cm³/mol. The van der Waals surface area contributed by atoms with Gasteiger partial charge >= 0.3 is 0 Å². The Labute approximate surface area is 109 Å². The molecule has 1 N–H and O–H groups in total. The molecular formula is C15H10N4. The molecule has 0 aliphatic carbocycles. The van der Waals surface area contributed by atoms with E-state index in [1.165, 1.54) is 21.5 Å². The van der Waals surface area contributed by atoms with Crippen LogP contribution < -0.4 is 0 Å². The van der Waals surface area contributed by atoms with Crippen LogP contribution in [0.2, 0.25) is 0 Å². The first-order valence-corrected chi connectivity index (χ1v) is 6.06. The molecule has 0 spiro atoms. The highest BCUT2D eigenvalue weighted by atomic mass is 15.5. The molecule has 0 atom stereocenters. The maximum atomic E-state index is 4.01. The molecule has 4 aromatic rings. The largest absolute Gasteiger partial charge is 0.204 e. The van der Waals surface area contributed by atoms with E-state index in [1.54, 1.807) is 0 Å². The number of benzene rings is 3. The van der Waals surface area contributed by atoms with E-state index in [1.807, 2.05) is 6.07 Å². The lowest BCUT2D eigenvalue weighted by Crippen LogP contribution is -1.82. The Bertz CT molecular complexity index is 866. The fourth-order valence-electron chi connectivity index (χ4n) is 2.36. The molecule has 1 aromatic heterocycles. The molecule has 0 bridgehead atoms. The van der Waals surface area contributed by atoms with Gasteiger partial charge in [-0.2, -0.15) is 5.21 Å². The van der Waals surface area contributed by atoms with Crippen LogP contribution >= 0.6 is 0 Å². The van der Waals surface area contributed by atoms with Crippen molar-refractivity contribution in [3.8, 4) is 11.4 Å². The minimum Gasteiger partial charge on any atom is -0.177 e. The van der Waals surface area contributed by atoms with Gasteiger partial charge in [-0.15, -0.1) is 10.2 Å². The first-order valence-electron chi connectivity index (χ1n) is 6.06. The van der Waals surface area contributed by atoms with Crippen LogP contribution in [0.4, 0.5) is 0 Å². The Morgan fingerprint density at radius 3 is 2.21 bits per heavy atom. The van der Waals surface area contributed by atoms with Crippen LogP contribution in [0.3, 0.4) is 0 Å². The maximum Gasteiger partial charge on any atom is 0.204 e. The van der Waals surface area contributed by atoms with Gasteiger partial charge in [0, 0.05) is 5.56 Å². The topological polar surface area (TPSA) is 54.5 Å². The van der Waals surface area contributed by atoms with Crippen LogP contribution in [0.5, 0.6) is 0 Å². The predicted octanol–water partition coefficient (Wildman–Crippen LogP) is 3.17. The van der Waals surface area contributed by atoms with Crippen LogP contribution in [0, 0.1) is 0 Å². The molecule has 0 radical (unpaired) electrons. The summed E-state index contributed by atoms with van der Waals surface area (Å²) in [5.74, 6) is 0.620. The van der Waals surface area contributed by atoms with Crippen molar-refractivity contribution >= 4 is 21.5 Å². The second-order valence-corrected chi connectivity index (χ2v) is 4.50. The number of nitrogens with one attached hydrogen (secondary N) is 1. The zero-order valence-corrected chi connectivity index (χ0v) is 10.0. The fourth-order valence-corrected chi connectivity index (χ4v) is 2.36. The second kappa shape index (κ2) is 3.88. The van der Waals surface area contributed by atoms with Gasteiger partial charge in [-0.1, -0.05) is 36.4 Å². The third kappa shape index (κ3) is 1.65. The van der Waals surface area contributed by atoms with Gasteiger partial charge in [-0.25, -0.2) is 0 Å². The number of H-pyrrole nitrogens is 1. The molecule has 4 rings (SSSR count). The van der Waals surface area contributed by atoms with E-state index in [4.69, 9.17) is 0 Å². The summed E-state index contributed by atoms with van der Waals surface area (Å²) in [5, 5.41) is 19.0. The van der Waals surface area contributed by atoms with Crippen molar-refractivity contribution in [3.63, 3.8) is 0 Å². The average Bonchev–Trinajstić information content (AvgIpc) is 2.98. The third-order valence-electron chi connectivity index (χ3n) is 3.31. The molecule has 0 unspecified atom stereocenters. The van der Waals surface area contributed by atoms with E-state index in [-0.39, 0.29) is 0 Å². The van der Waals surface area contributed by atoms with Gasteiger partial charge in [0.25, 0.3) is 0 Å². The number of hydrogen-bond donors (Lipinski definition) is 1. The summed E-state index contributed by atoms with van der Waals surface area (Å²) >= 11 is 0. The Morgan fingerprint density at radius 2 is 1.47 bits per heavy atom. The summed E-state index contributed by atoms with van der Waals surface area (Å²) in [6, 6.07) is 18.9. The van der Waals surface area contributed by atoms with Gasteiger partial charge in [0.1, 0.15) is 0 Å². The van der Waals surface area contributed by atoms with Crippen molar-refractivity contribution in [3.05, 3.63) is 54.6 Å². The van der Waals surface area contributed by atoms with Crippen LogP contribution in [-0.4, -0.2) is 20.6 Å². The number of rotatable bonds is 1. The quantitative estimate of drug-likeness (QED) is 0.525. The first kappa shape index (κ1) is 10.2. The Hall–Kier alpha value is -2.75. The van der Waals surface area contributed by atoms with E-state index in [0.717, 1.165) is 5.56 Å². The molecule has 4 nitrogen and oxygen atoms in total. The Kier molecular flexibility index (Phi) is 2.08. The summed E-state index contributed by atoms with van der Waals surface area (Å²) in [7, 11) is 0. The molecule has 0 aliphatic rings. The molecule has 90 valence electrons. The first-order chi connectivity index (χ1) is 9.40. The van der Waals surface area contributed by atoms with Gasteiger partial charge < -0.3 is 0 Å². The molecule has 1 heterocycles. The highest BCUT2D eigenvalue weighted by Crippen LogP contribution is 2.26. The number of hydrogen-bond acceptors (Lipinski definition) is 3. The SMILES string of the molecule is c1ccc2cc3cc(-c4nn[nH]n4)ccc3cc2c1. The van der Waals surface area contributed by atoms with Crippen LogP contribution in [0.25, 0.3) is 32.9 Å². The number of aromatic amines is 1. The molecular weight excluding hydrogens is 236 g/mol.